The zero-order valence-electron chi connectivity index (χ0n) is 42.4. The van der Waals surface area contributed by atoms with Gasteiger partial charge in [-0.15, -0.1) is 0 Å². The molecule has 0 spiro atoms. The van der Waals surface area contributed by atoms with Crippen LogP contribution in [0.3, 0.4) is 0 Å². The third-order valence-corrected chi connectivity index (χ3v) is 13.0. The lowest BCUT2D eigenvalue weighted by Gasteiger charge is -2.41. The molecule has 12 nitrogen and oxygen atoms in total. The van der Waals surface area contributed by atoms with Crippen molar-refractivity contribution in [1.29, 1.82) is 0 Å². The number of phosphoric acid groups is 1. The Balaban J connectivity index is 2.33. The summed E-state index contributed by atoms with van der Waals surface area (Å²) < 4.78 is 34.3. The highest BCUT2D eigenvalue weighted by Gasteiger charge is 2.51. The molecule has 0 aromatic heterocycles. The third kappa shape index (κ3) is 35.8. The fourth-order valence-electron chi connectivity index (χ4n) is 7.85. The predicted molar refractivity (Wildman–Crippen MR) is 276 cm³/mol. The Bertz CT molecular complexity index is 1400. The molecular weight excluding hydrogens is 884 g/mol. The summed E-state index contributed by atoms with van der Waals surface area (Å²) in [4.78, 5) is 23.3. The first-order valence-electron chi connectivity index (χ1n) is 26.8. The molecule has 6 N–H and O–H groups in total. The van der Waals surface area contributed by atoms with Gasteiger partial charge < -0.3 is 39.9 Å². The topological polar surface area (TPSA) is 192 Å². The largest absolute Gasteiger partial charge is 0.472 e. The van der Waals surface area contributed by atoms with Crippen LogP contribution in [0.2, 0.25) is 0 Å². The molecule has 0 saturated heterocycles. The summed E-state index contributed by atoms with van der Waals surface area (Å²) in [6, 6.07) is 0. The van der Waals surface area contributed by atoms with Gasteiger partial charge in [-0.3, -0.25) is 13.8 Å². The molecule has 6 unspecified atom stereocenters. The van der Waals surface area contributed by atoms with Gasteiger partial charge in [-0.1, -0.05) is 189 Å². The highest BCUT2D eigenvalue weighted by Crippen LogP contribution is 2.47. The van der Waals surface area contributed by atoms with E-state index in [1.165, 1.54) is 89.9 Å². The van der Waals surface area contributed by atoms with E-state index in [1.54, 1.807) is 0 Å². The summed E-state index contributed by atoms with van der Waals surface area (Å²) in [6.45, 7) is 4.11. The Morgan fingerprint density at radius 3 is 1.32 bits per heavy atom. The molecule has 6 atom stereocenters. The number of hydrogen-bond donors (Lipinski definition) is 6. The van der Waals surface area contributed by atoms with Crippen molar-refractivity contribution in [2.24, 2.45) is 0 Å². The highest BCUT2D eigenvalue weighted by molar-refractivity contribution is 7.47. The molecule has 0 radical (unpaired) electrons. The number of ether oxygens (including phenoxy) is 2. The smallest absolute Gasteiger partial charge is 0.457 e. The molecule has 1 rings (SSSR count). The van der Waals surface area contributed by atoms with Crippen LogP contribution in [0, 0.1) is 0 Å². The monoisotopic (exact) mass is 981 g/mol. The number of carbonyl (C=O) groups is 1. The fourth-order valence-corrected chi connectivity index (χ4v) is 8.82. The second kappa shape index (κ2) is 44.7. The molecule has 0 aromatic carbocycles. The molecule has 1 saturated carbocycles. The van der Waals surface area contributed by atoms with Gasteiger partial charge in [0.2, 0.25) is 0 Å². The van der Waals surface area contributed by atoms with Gasteiger partial charge in [0.25, 0.3) is 0 Å². The van der Waals surface area contributed by atoms with Crippen molar-refractivity contribution in [3.05, 3.63) is 72.9 Å². The SMILES string of the molecule is CC/C=C\C/C=C\C/C=C\C/C=C\CCCCCCCOCC(COP(=O)(O)OC1C(O)C(O)C(O)C(O)C1O)OC(=O)CCCCCCCCCCCCC/C=C\C/C=C\CCCCCCC. The van der Waals surface area contributed by atoms with Crippen molar-refractivity contribution in [3.8, 4) is 0 Å². The van der Waals surface area contributed by atoms with E-state index in [9.17, 15) is 39.8 Å². The number of carbonyl (C=O) groups excluding carboxylic acids is 1. The number of unbranched alkanes of at least 4 members (excludes halogenated alkanes) is 21. The number of allylic oxidation sites excluding steroid dienone is 12. The Kier molecular flexibility index (Phi) is 41.9. The molecule has 0 amide bonds. The van der Waals surface area contributed by atoms with E-state index in [0.717, 1.165) is 89.9 Å². The summed E-state index contributed by atoms with van der Waals surface area (Å²) in [6.07, 6.45) is 46.8. The van der Waals surface area contributed by atoms with Gasteiger partial charge in [0.05, 0.1) is 13.2 Å². The normalized spacial score (nSPS) is 21.7. The summed E-state index contributed by atoms with van der Waals surface area (Å²) in [5, 5.41) is 50.3. The van der Waals surface area contributed by atoms with Gasteiger partial charge in [0.15, 0.2) is 0 Å². The van der Waals surface area contributed by atoms with Crippen LogP contribution in [0.15, 0.2) is 72.9 Å². The van der Waals surface area contributed by atoms with E-state index in [0.29, 0.717) is 13.0 Å². The Labute approximate surface area is 412 Å². The third-order valence-electron chi connectivity index (χ3n) is 12.1. The van der Waals surface area contributed by atoms with Crippen LogP contribution < -0.4 is 0 Å². The van der Waals surface area contributed by atoms with Crippen LogP contribution >= 0.6 is 7.82 Å². The maximum absolute atomic E-state index is 12.9. The van der Waals surface area contributed by atoms with E-state index in [2.05, 4.69) is 86.8 Å². The van der Waals surface area contributed by atoms with Gasteiger partial charge in [0, 0.05) is 13.0 Å². The number of aliphatic hydroxyl groups excluding tert-OH is 5. The van der Waals surface area contributed by atoms with E-state index >= 15 is 0 Å². The van der Waals surface area contributed by atoms with Crippen LogP contribution in [-0.4, -0.2) is 98.9 Å². The van der Waals surface area contributed by atoms with Crippen molar-refractivity contribution in [3.63, 3.8) is 0 Å². The first-order valence-corrected chi connectivity index (χ1v) is 28.3. The van der Waals surface area contributed by atoms with Crippen molar-refractivity contribution < 1.29 is 58.3 Å². The summed E-state index contributed by atoms with van der Waals surface area (Å²) >= 11 is 0. The molecule has 68 heavy (non-hydrogen) atoms. The van der Waals surface area contributed by atoms with Crippen LogP contribution in [0.1, 0.15) is 206 Å². The minimum atomic E-state index is -5.03. The van der Waals surface area contributed by atoms with E-state index in [1.807, 2.05) is 0 Å². The minimum Gasteiger partial charge on any atom is -0.457 e. The lowest BCUT2D eigenvalue weighted by atomic mass is 9.85. The van der Waals surface area contributed by atoms with Gasteiger partial charge in [0.1, 0.15) is 42.7 Å². The first-order chi connectivity index (χ1) is 33.0. The molecule has 394 valence electrons. The fraction of sp³-hybridized carbons (Fsp3) is 0.764. The second-order valence-corrected chi connectivity index (χ2v) is 19.7. The lowest BCUT2D eigenvalue weighted by molar-refractivity contribution is -0.220. The maximum Gasteiger partial charge on any atom is 0.472 e. The molecular formula is C55H97O12P. The average molecular weight is 981 g/mol. The van der Waals surface area contributed by atoms with E-state index in [-0.39, 0.29) is 13.0 Å². The molecule has 0 bridgehead atoms. The molecule has 1 aliphatic rings. The van der Waals surface area contributed by atoms with Crippen LogP contribution in [-0.2, 0) is 27.9 Å². The quantitative estimate of drug-likeness (QED) is 0.0147. The van der Waals surface area contributed by atoms with Gasteiger partial charge in [-0.05, 0) is 83.5 Å². The van der Waals surface area contributed by atoms with Crippen molar-refractivity contribution in [1.82, 2.24) is 0 Å². The molecule has 1 aliphatic carbocycles. The number of phosphoric ester groups is 1. The van der Waals surface area contributed by atoms with Gasteiger partial charge in [-0.2, -0.15) is 0 Å². The molecule has 13 heteroatoms. The van der Waals surface area contributed by atoms with Crippen LogP contribution in [0.5, 0.6) is 0 Å². The predicted octanol–water partition coefficient (Wildman–Crippen LogP) is 12.3. The van der Waals surface area contributed by atoms with Crippen LogP contribution in [0.25, 0.3) is 0 Å². The van der Waals surface area contributed by atoms with Gasteiger partial charge in [-0.25, -0.2) is 4.57 Å². The standard InChI is InChI=1S/C55H97O12P/c1-3-5-7-9-11-13-15-17-19-21-23-24-25-26-27-28-30-32-34-36-38-40-42-44-49(56)66-48(47-65-68(62,63)67-55-53(60)51(58)50(57)52(59)54(55)61)46-64-45-43-41-39-37-35-33-31-29-22-20-18-16-14-12-10-8-6-4-2/h6,8,12,14-15,17-18,20-21,23,29,31,48,50-55,57-61H,3-5,7,9-11,13,16,19,22,24-28,30,32-47H2,1-2H3,(H,62,63)/b8-6-,14-12-,17-15-,20-18-,23-21-,31-29-. The molecule has 1 fully saturated rings. The van der Waals surface area contributed by atoms with Crippen molar-refractivity contribution in [2.75, 3.05) is 19.8 Å². The van der Waals surface area contributed by atoms with Crippen molar-refractivity contribution in [2.45, 2.75) is 249 Å². The Hall–Kier alpha value is -2.22. The van der Waals surface area contributed by atoms with E-state index in [4.69, 9.17) is 18.5 Å². The second-order valence-electron chi connectivity index (χ2n) is 18.3. The number of rotatable bonds is 45. The van der Waals surface area contributed by atoms with E-state index < -0.39 is 63.1 Å². The summed E-state index contributed by atoms with van der Waals surface area (Å²) in [5.74, 6) is -0.488. The maximum atomic E-state index is 12.9. The average Bonchev–Trinajstić information content (AvgIpc) is 3.32. The zero-order chi connectivity index (χ0) is 49.8. The van der Waals surface area contributed by atoms with Crippen LogP contribution in [0.4, 0.5) is 0 Å². The minimum absolute atomic E-state index is 0.0931. The number of esters is 1. The number of aliphatic hydroxyl groups is 5. The first kappa shape index (κ1) is 63.8. The molecule has 0 aromatic rings. The zero-order valence-corrected chi connectivity index (χ0v) is 43.3. The summed E-state index contributed by atoms with van der Waals surface area (Å²) in [5.41, 5.74) is 0. The lowest BCUT2D eigenvalue weighted by Crippen LogP contribution is -2.64. The molecule has 0 heterocycles. The molecule has 0 aliphatic heterocycles. The van der Waals surface area contributed by atoms with Crippen molar-refractivity contribution >= 4 is 13.8 Å². The number of hydrogen-bond acceptors (Lipinski definition) is 11. The summed E-state index contributed by atoms with van der Waals surface area (Å²) in [7, 11) is -5.03. The van der Waals surface area contributed by atoms with Gasteiger partial charge >= 0.3 is 13.8 Å². The Morgan fingerprint density at radius 2 is 0.868 bits per heavy atom. The Morgan fingerprint density at radius 1 is 0.485 bits per heavy atom. The highest BCUT2D eigenvalue weighted by atomic mass is 31.2.